The third kappa shape index (κ3) is 4.71. The number of nitrogens with zero attached hydrogens (tertiary/aromatic N) is 1. The van der Waals surface area contributed by atoms with E-state index >= 15 is 0 Å². The lowest BCUT2D eigenvalue weighted by Crippen LogP contribution is -2.45. The van der Waals surface area contributed by atoms with Gasteiger partial charge in [0.1, 0.15) is 0 Å². The van der Waals surface area contributed by atoms with Crippen LogP contribution in [0, 0.1) is 0 Å². The molecule has 1 N–H and O–H groups in total. The first-order valence-corrected chi connectivity index (χ1v) is 11.4. The smallest absolute Gasteiger partial charge is 0.416 e. The summed E-state index contributed by atoms with van der Waals surface area (Å²) >= 11 is 12.3. The van der Waals surface area contributed by atoms with Crippen molar-refractivity contribution in [1.29, 1.82) is 0 Å². The van der Waals surface area contributed by atoms with Gasteiger partial charge in [-0.05, 0) is 60.1 Å². The zero-order valence-corrected chi connectivity index (χ0v) is 19.1. The topological polar surface area (TPSA) is 57.6 Å². The highest BCUT2D eigenvalue weighted by Gasteiger charge is 2.47. The molecule has 2 aliphatic rings. The summed E-state index contributed by atoms with van der Waals surface area (Å²) in [6.07, 6.45) is -3.16. The first-order valence-electron chi connectivity index (χ1n) is 10.6. The van der Waals surface area contributed by atoms with Gasteiger partial charge in [-0.2, -0.15) is 13.2 Å². The van der Waals surface area contributed by atoms with Crippen LogP contribution in [0.3, 0.4) is 0 Å². The number of rotatable bonds is 4. The number of likely N-dealkylation sites (tertiary alicyclic amines) is 1. The van der Waals surface area contributed by atoms with Crippen LogP contribution in [0.1, 0.15) is 53.9 Å². The van der Waals surface area contributed by atoms with Gasteiger partial charge >= 0.3 is 12.1 Å². The zero-order valence-electron chi connectivity index (χ0n) is 17.6. The molecule has 1 unspecified atom stereocenters. The number of carbonyl (C=O) groups is 2. The highest BCUT2D eigenvalue weighted by atomic mass is 35.5. The van der Waals surface area contributed by atoms with Gasteiger partial charge in [-0.25, -0.2) is 0 Å². The minimum absolute atomic E-state index is 0.00846. The summed E-state index contributed by atoms with van der Waals surface area (Å²) in [7, 11) is 0. The lowest BCUT2D eigenvalue weighted by Gasteiger charge is -2.41. The van der Waals surface area contributed by atoms with Gasteiger partial charge < -0.3 is 10.0 Å². The van der Waals surface area contributed by atoms with Crippen molar-refractivity contribution >= 4 is 35.1 Å². The molecule has 33 heavy (non-hydrogen) atoms. The summed E-state index contributed by atoms with van der Waals surface area (Å²) < 4.78 is 40.2. The summed E-state index contributed by atoms with van der Waals surface area (Å²) in [6.45, 7) is 0.746. The number of benzene rings is 2. The predicted molar refractivity (Wildman–Crippen MR) is 119 cm³/mol. The second kappa shape index (κ2) is 8.84. The van der Waals surface area contributed by atoms with Crippen molar-refractivity contribution in [3.63, 3.8) is 0 Å². The fourth-order valence-electron chi connectivity index (χ4n) is 5.40. The summed E-state index contributed by atoms with van der Waals surface area (Å²) in [4.78, 5) is 25.8. The van der Waals surface area contributed by atoms with Crippen LogP contribution in [0.4, 0.5) is 13.2 Å². The number of aliphatic carboxylic acids is 1. The number of hydrogen-bond acceptors (Lipinski definition) is 2. The molecule has 1 atom stereocenters. The Balaban J connectivity index is 1.51. The van der Waals surface area contributed by atoms with E-state index in [1.54, 1.807) is 11.0 Å². The van der Waals surface area contributed by atoms with Crippen LogP contribution in [0.15, 0.2) is 36.4 Å². The summed E-state index contributed by atoms with van der Waals surface area (Å²) in [6, 6.07) is 8.97. The van der Waals surface area contributed by atoms with Crippen LogP contribution in [0.2, 0.25) is 10.0 Å². The molecule has 9 heteroatoms. The van der Waals surface area contributed by atoms with Crippen molar-refractivity contribution in [3.05, 3.63) is 68.7 Å². The Kier molecular flexibility index (Phi) is 6.40. The summed E-state index contributed by atoms with van der Waals surface area (Å²) in [5, 5.41) is 9.89. The van der Waals surface area contributed by atoms with Crippen molar-refractivity contribution in [2.45, 2.75) is 49.6 Å². The first-order chi connectivity index (χ1) is 15.5. The SMILES string of the molecule is O=C(O)CC1CC2(CCN(C(=O)Cc3ccc(Cl)cc3C(F)(F)F)CC2)c2c(Cl)cccc21. The quantitative estimate of drug-likeness (QED) is 0.554. The van der Waals surface area contributed by atoms with Gasteiger partial charge in [-0.15, -0.1) is 0 Å². The molecule has 0 saturated carbocycles. The van der Waals surface area contributed by atoms with E-state index in [4.69, 9.17) is 23.2 Å². The Hall–Kier alpha value is -2.25. The average Bonchev–Trinajstić information content (AvgIpc) is 3.02. The Morgan fingerprint density at radius 2 is 1.82 bits per heavy atom. The number of alkyl halides is 3. The number of hydrogen-bond donors (Lipinski definition) is 1. The molecular formula is C24H22Cl2F3NO3. The molecule has 0 radical (unpaired) electrons. The standard InChI is InChI=1S/C24H22Cl2F3NO3/c25-16-5-4-14(18(12-16)24(27,28)29)10-20(31)30-8-6-23(7-9-30)13-15(11-21(32)33)17-2-1-3-19(26)22(17)23/h1-5,12,15H,6-11,13H2,(H,32,33). The van der Waals surface area contributed by atoms with Crippen LogP contribution < -0.4 is 0 Å². The maximum atomic E-state index is 13.4. The van der Waals surface area contributed by atoms with E-state index in [2.05, 4.69) is 0 Å². The minimum atomic E-state index is -4.60. The third-order valence-electron chi connectivity index (χ3n) is 6.87. The van der Waals surface area contributed by atoms with Crippen LogP contribution in [0.5, 0.6) is 0 Å². The van der Waals surface area contributed by atoms with Crippen molar-refractivity contribution in [2.24, 2.45) is 0 Å². The van der Waals surface area contributed by atoms with Gasteiger partial charge in [0, 0.05) is 28.5 Å². The number of fused-ring (bicyclic) bond motifs is 2. The van der Waals surface area contributed by atoms with Gasteiger partial charge in [0.25, 0.3) is 0 Å². The molecule has 0 bridgehead atoms. The molecule has 2 aromatic carbocycles. The Labute approximate surface area is 199 Å². The van der Waals surface area contributed by atoms with Crippen LogP contribution in [-0.4, -0.2) is 35.0 Å². The van der Waals surface area contributed by atoms with Crippen molar-refractivity contribution in [1.82, 2.24) is 4.90 Å². The third-order valence-corrected chi connectivity index (χ3v) is 7.42. The molecule has 4 nitrogen and oxygen atoms in total. The van der Waals surface area contributed by atoms with E-state index in [1.807, 2.05) is 12.1 Å². The van der Waals surface area contributed by atoms with E-state index in [9.17, 15) is 27.9 Å². The van der Waals surface area contributed by atoms with E-state index in [0.29, 0.717) is 37.4 Å². The molecule has 1 fully saturated rings. The predicted octanol–water partition coefficient (Wildman–Crippen LogP) is 6.08. The Morgan fingerprint density at radius 1 is 1.12 bits per heavy atom. The van der Waals surface area contributed by atoms with E-state index in [0.717, 1.165) is 17.2 Å². The molecule has 4 rings (SSSR count). The van der Waals surface area contributed by atoms with Gasteiger partial charge in [-0.3, -0.25) is 9.59 Å². The highest BCUT2D eigenvalue weighted by Crippen LogP contribution is 2.55. The first kappa shape index (κ1) is 23.9. The Bertz CT molecular complexity index is 1090. The number of carboxylic acid groups (broad SMARTS) is 1. The molecule has 2 aromatic rings. The second-order valence-corrected chi connectivity index (χ2v) is 9.68. The molecule has 176 valence electrons. The largest absolute Gasteiger partial charge is 0.481 e. The normalized spacial score (nSPS) is 19.5. The molecule has 1 amide bonds. The van der Waals surface area contributed by atoms with Gasteiger partial charge in [0.2, 0.25) is 5.91 Å². The number of halogens is 5. The number of piperidine rings is 1. The zero-order chi connectivity index (χ0) is 24.0. The fraction of sp³-hybridized carbons (Fsp3) is 0.417. The maximum Gasteiger partial charge on any atom is 0.416 e. The summed E-state index contributed by atoms with van der Waals surface area (Å²) in [5.74, 6) is -1.40. The maximum absolute atomic E-state index is 13.4. The van der Waals surface area contributed by atoms with Crippen LogP contribution in [-0.2, 0) is 27.6 Å². The molecule has 0 aromatic heterocycles. The molecule has 1 heterocycles. The molecule has 1 aliphatic heterocycles. The van der Waals surface area contributed by atoms with Gasteiger partial charge in [-0.1, -0.05) is 41.4 Å². The lowest BCUT2D eigenvalue weighted by molar-refractivity contribution is -0.139. The second-order valence-electron chi connectivity index (χ2n) is 8.84. The van der Waals surface area contributed by atoms with Crippen LogP contribution in [0.25, 0.3) is 0 Å². The van der Waals surface area contributed by atoms with E-state index in [1.165, 1.54) is 12.1 Å². The lowest BCUT2D eigenvalue weighted by atomic mass is 9.73. The fourth-order valence-corrected chi connectivity index (χ4v) is 5.95. The average molecular weight is 500 g/mol. The number of carbonyl (C=O) groups excluding carboxylic acids is 1. The highest BCUT2D eigenvalue weighted by molar-refractivity contribution is 6.31. The van der Waals surface area contributed by atoms with Crippen LogP contribution >= 0.6 is 23.2 Å². The van der Waals surface area contributed by atoms with Crippen molar-refractivity contribution < 1.29 is 27.9 Å². The number of carboxylic acids is 1. The number of amides is 1. The molecule has 1 saturated heterocycles. The summed E-state index contributed by atoms with van der Waals surface area (Å²) in [5.41, 5.74) is 0.572. The minimum Gasteiger partial charge on any atom is -0.481 e. The molecular weight excluding hydrogens is 478 g/mol. The Morgan fingerprint density at radius 3 is 2.45 bits per heavy atom. The van der Waals surface area contributed by atoms with Crippen molar-refractivity contribution in [3.8, 4) is 0 Å². The van der Waals surface area contributed by atoms with Gasteiger partial charge in [0.05, 0.1) is 18.4 Å². The van der Waals surface area contributed by atoms with Gasteiger partial charge in [0.15, 0.2) is 0 Å². The molecule has 1 spiro atoms. The van der Waals surface area contributed by atoms with E-state index < -0.39 is 17.7 Å². The monoisotopic (exact) mass is 499 g/mol. The van der Waals surface area contributed by atoms with Crippen molar-refractivity contribution in [2.75, 3.05) is 13.1 Å². The van der Waals surface area contributed by atoms with E-state index in [-0.39, 0.29) is 40.7 Å². The molecule has 1 aliphatic carbocycles.